The highest BCUT2D eigenvalue weighted by atomic mass is 33.1. The molecule has 3 aromatic carbocycles. The van der Waals surface area contributed by atoms with Gasteiger partial charge in [-0.25, -0.2) is 0 Å². The number of ether oxygens (including phenoxy) is 1. The second kappa shape index (κ2) is 27.4. The Hall–Kier alpha value is -4.62. The summed E-state index contributed by atoms with van der Waals surface area (Å²) >= 11 is 0. The summed E-state index contributed by atoms with van der Waals surface area (Å²) < 4.78 is 6.96. The van der Waals surface area contributed by atoms with Crippen LogP contribution in [0.15, 0.2) is 120 Å². The quantitative estimate of drug-likeness (QED) is 0.0273. The number of benzene rings is 3. The van der Waals surface area contributed by atoms with Gasteiger partial charge in [0.2, 0.25) is 0 Å². The van der Waals surface area contributed by atoms with Crippen LogP contribution in [0.5, 0.6) is 11.5 Å². The Morgan fingerprint density at radius 3 is 2.38 bits per heavy atom. The maximum Gasteiger partial charge on any atom is 0.161 e. The lowest BCUT2D eigenvalue weighted by molar-refractivity contribution is -0.0215. The van der Waals surface area contributed by atoms with Gasteiger partial charge in [0, 0.05) is 77.8 Å². The van der Waals surface area contributed by atoms with E-state index < -0.39 is 53.7 Å². The molecule has 0 amide bonds. The summed E-state index contributed by atoms with van der Waals surface area (Å²) in [6.45, 7) is 6.95. The van der Waals surface area contributed by atoms with Crippen molar-refractivity contribution in [2.24, 2.45) is 46.7 Å². The summed E-state index contributed by atoms with van der Waals surface area (Å²) in [5.41, 5.74) is 16.0. The van der Waals surface area contributed by atoms with Gasteiger partial charge in [-0.15, -0.1) is 0 Å². The minimum absolute atomic E-state index is 0.0348. The Bertz CT molecular complexity index is 2790. The second-order valence-corrected chi connectivity index (χ2v) is 26.4. The number of H-pyrrole nitrogens is 1. The van der Waals surface area contributed by atoms with Crippen LogP contribution in [0.1, 0.15) is 130 Å². The number of aromatic amines is 1. The van der Waals surface area contributed by atoms with Crippen molar-refractivity contribution in [1.82, 2.24) is 10.3 Å². The van der Waals surface area contributed by atoms with Crippen molar-refractivity contribution >= 4 is 21.6 Å². The number of aryl methyl sites for hydroxylation is 2. The first-order valence-corrected chi connectivity index (χ1v) is 31.9. The summed E-state index contributed by atoms with van der Waals surface area (Å²) in [7, 11) is 3.24. The molecule has 11 N–H and O–H groups in total. The monoisotopic (exact) mass is 1110 g/mol. The second-order valence-electron chi connectivity index (χ2n) is 23.9. The SMILES string of the molecule is CC[C@@H]1Cc2cc(O)c(O[C@@H]3C[C@H](Cc4ccc[nH]4)C4=CCNC(N)=C4CSSC[C@H](CO)[C@H]3O)cc2[C@H]2C[C@@H](O)[C@@H]3[C@@H](C#C[C@](CCO)(C[C@H](CCc4ccccc4CCC(C)C)c4ccccc4)C[C@@H](O)CC[C@@H]3O)C=C12. The van der Waals surface area contributed by atoms with Crippen molar-refractivity contribution < 1.29 is 40.5 Å². The van der Waals surface area contributed by atoms with Crippen LogP contribution >= 0.6 is 21.6 Å². The number of allylic oxidation sites excluding steroid dienone is 3. The molecule has 3 heterocycles. The van der Waals surface area contributed by atoms with E-state index in [9.17, 15) is 35.7 Å². The van der Waals surface area contributed by atoms with Crippen LogP contribution in [0.3, 0.4) is 0 Å². The maximum atomic E-state index is 12.6. The van der Waals surface area contributed by atoms with Crippen molar-refractivity contribution in [2.45, 2.75) is 153 Å². The molecule has 0 spiro atoms. The predicted octanol–water partition coefficient (Wildman–Crippen LogP) is 10.0. The molecule has 13 heteroatoms. The van der Waals surface area contributed by atoms with Crippen molar-refractivity contribution in [3.05, 3.63) is 153 Å². The van der Waals surface area contributed by atoms with Crippen molar-refractivity contribution in [1.29, 1.82) is 0 Å². The molecule has 79 heavy (non-hydrogen) atoms. The molecule has 0 radical (unpaired) electrons. The zero-order chi connectivity index (χ0) is 55.6. The number of aliphatic hydroxyl groups is 6. The molecule has 0 saturated carbocycles. The van der Waals surface area contributed by atoms with Gasteiger partial charge in [-0.2, -0.15) is 0 Å². The Kier molecular flexibility index (Phi) is 20.5. The third-order valence-corrected chi connectivity index (χ3v) is 20.6. The molecule has 11 nitrogen and oxygen atoms in total. The summed E-state index contributed by atoms with van der Waals surface area (Å²) in [5.74, 6) is 8.11. The van der Waals surface area contributed by atoms with Gasteiger partial charge in [-0.1, -0.05) is 127 Å². The topological polar surface area (TPSA) is 205 Å². The maximum absolute atomic E-state index is 12.6. The van der Waals surface area contributed by atoms with Crippen molar-refractivity contribution in [3.8, 4) is 23.3 Å². The number of nitrogens with two attached hydrogens (primary N) is 1. The van der Waals surface area contributed by atoms with Gasteiger partial charge in [-0.05, 0) is 171 Å². The van der Waals surface area contributed by atoms with Crippen molar-refractivity contribution in [3.63, 3.8) is 0 Å². The van der Waals surface area contributed by atoms with E-state index in [-0.39, 0.29) is 54.8 Å². The minimum atomic E-state index is -1.08. The Labute approximate surface area is 477 Å². The van der Waals surface area contributed by atoms with Crippen LogP contribution in [0, 0.1) is 52.8 Å². The molecular formula is C66H87N3O8S2. The number of aliphatic hydroxyl groups excluding tert-OH is 6. The first-order valence-electron chi connectivity index (χ1n) is 29.4. The number of phenols is 1. The summed E-state index contributed by atoms with van der Waals surface area (Å²) in [6.07, 6.45) is 10.4. The summed E-state index contributed by atoms with van der Waals surface area (Å²) in [4.78, 5) is 3.37. The molecule has 2 aliphatic heterocycles. The highest BCUT2D eigenvalue weighted by Gasteiger charge is 2.44. The first-order chi connectivity index (χ1) is 38.3. The van der Waals surface area contributed by atoms with E-state index in [1.54, 1.807) is 27.7 Å². The van der Waals surface area contributed by atoms with E-state index in [2.05, 4.69) is 110 Å². The van der Waals surface area contributed by atoms with Gasteiger partial charge in [0.1, 0.15) is 11.9 Å². The molecule has 5 aliphatic rings. The fraction of sp³-hybridized carbons (Fsp3) is 0.545. The van der Waals surface area contributed by atoms with Crippen molar-refractivity contribution in [2.75, 3.05) is 31.3 Å². The predicted molar refractivity (Wildman–Crippen MR) is 319 cm³/mol. The van der Waals surface area contributed by atoms with Crippen LogP contribution in [0.2, 0.25) is 0 Å². The van der Waals surface area contributed by atoms with E-state index in [0.717, 1.165) is 65.6 Å². The molecule has 4 aromatic rings. The van der Waals surface area contributed by atoms with E-state index in [1.807, 2.05) is 24.4 Å². The third-order valence-electron chi connectivity index (χ3n) is 18.2. The van der Waals surface area contributed by atoms with Gasteiger partial charge in [0.15, 0.2) is 11.5 Å². The number of hydrogen-bond acceptors (Lipinski definition) is 12. The largest absolute Gasteiger partial charge is 0.504 e. The fourth-order valence-electron chi connectivity index (χ4n) is 13.8. The van der Waals surface area contributed by atoms with Gasteiger partial charge in [0.05, 0.1) is 24.4 Å². The van der Waals surface area contributed by atoms with E-state index >= 15 is 0 Å². The molecule has 1 fully saturated rings. The smallest absolute Gasteiger partial charge is 0.161 e. The molecule has 13 atom stereocenters. The van der Waals surface area contributed by atoms with Gasteiger partial charge < -0.3 is 56.5 Å². The number of hydrogen-bond donors (Lipinski definition) is 10. The van der Waals surface area contributed by atoms with E-state index in [1.165, 1.54) is 16.7 Å². The van der Waals surface area contributed by atoms with Crippen LogP contribution in [-0.4, -0.2) is 103 Å². The third kappa shape index (κ3) is 14.4. The molecule has 3 aliphatic carbocycles. The minimum Gasteiger partial charge on any atom is -0.504 e. The van der Waals surface area contributed by atoms with Gasteiger partial charge >= 0.3 is 0 Å². The highest BCUT2D eigenvalue weighted by Crippen LogP contribution is 2.52. The van der Waals surface area contributed by atoms with Crippen LogP contribution in [0.4, 0.5) is 0 Å². The number of dihydropyridines is 1. The molecule has 0 unspecified atom stereocenters. The summed E-state index contributed by atoms with van der Waals surface area (Å²) in [6, 6.07) is 27.1. The Morgan fingerprint density at radius 2 is 1.66 bits per heavy atom. The van der Waals surface area contributed by atoms with Crippen LogP contribution < -0.4 is 15.8 Å². The number of rotatable bonds is 17. The van der Waals surface area contributed by atoms with E-state index in [4.69, 9.17) is 10.5 Å². The van der Waals surface area contributed by atoms with Gasteiger partial charge in [0.25, 0.3) is 0 Å². The molecular weight excluding hydrogens is 1030 g/mol. The lowest BCUT2D eigenvalue weighted by Gasteiger charge is -2.37. The first kappa shape index (κ1) is 59.0. The molecule has 9 rings (SSSR count). The number of nitrogens with one attached hydrogen (secondary N) is 2. The van der Waals surface area contributed by atoms with Crippen LogP contribution in [-0.2, 0) is 25.7 Å². The Balaban J connectivity index is 1.07. The number of fused-ring (bicyclic) bond motifs is 5. The average Bonchev–Trinajstić information content (AvgIpc) is 3.94. The normalized spacial score (nSPS) is 29.8. The average molecular weight is 1110 g/mol. The zero-order valence-electron chi connectivity index (χ0n) is 46.6. The number of aromatic nitrogens is 1. The lowest BCUT2D eigenvalue weighted by Crippen LogP contribution is -2.42. The summed E-state index contributed by atoms with van der Waals surface area (Å²) in [5, 5.41) is 86.0. The molecule has 426 valence electrons. The Morgan fingerprint density at radius 1 is 0.886 bits per heavy atom. The lowest BCUT2D eigenvalue weighted by atomic mass is 9.69. The highest BCUT2D eigenvalue weighted by molar-refractivity contribution is 8.76. The van der Waals surface area contributed by atoms with Gasteiger partial charge in [-0.3, -0.25) is 0 Å². The molecule has 1 saturated heterocycles. The number of aromatic hydroxyl groups is 1. The zero-order valence-corrected chi connectivity index (χ0v) is 48.2. The van der Waals surface area contributed by atoms with Crippen LogP contribution in [0.25, 0.3) is 0 Å². The fourth-order valence-corrected chi connectivity index (χ4v) is 16.3. The molecule has 0 bridgehead atoms. The standard InChI is InChI=1S/C66H87N3O8S2/c1-4-42-29-48-32-59(74)61(77-62-33-49(30-51-15-10-26-68-51)53-23-27-69-65(67)57(53)40-79-78-39-50(38-71)64(62)76)35-55(48)56-34-60(75)63-46(31-54(42)56)22-24-66(25-28-70,37-52(72)20-21-58(63)73)36-47(43-11-6-5-7-12-43)19-18-45-14-9-8-13-44(45)17-16-41(2)3/h5-15,23,26,31-32,35,41-42,46-47,49-50,52,56,58,60,62-64,68-76H,4,16-21,25,27-30,33-34,36-40,67H2,1-3H3/t42-,46+,47+,49+,50+,52+,56+,58+,60-,62-,63-,64-,66+/m1/s1. The number of phenolic OH excluding ortho intramolecular Hbond substituents is 1. The molecule has 1 aromatic heterocycles. The van der Waals surface area contributed by atoms with E-state index in [0.29, 0.717) is 81.2 Å².